The van der Waals surface area contributed by atoms with Crippen LogP contribution < -0.4 is 10.6 Å². The summed E-state index contributed by atoms with van der Waals surface area (Å²) in [7, 11) is 0. The van der Waals surface area contributed by atoms with Crippen molar-refractivity contribution in [3.8, 4) is 0 Å². The van der Waals surface area contributed by atoms with Crippen molar-refractivity contribution in [3.63, 3.8) is 0 Å². The molecular weight excluding hydrogens is 469 g/mol. The molecule has 2 N–H and O–H groups in total. The predicted octanol–water partition coefficient (Wildman–Crippen LogP) is 2.31. The first-order valence-corrected chi connectivity index (χ1v) is 10.4. The minimum atomic E-state index is 0. The average Bonchev–Trinajstić information content (AvgIpc) is 3.41. The number of halogens is 1. The Morgan fingerprint density at radius 1 is 1.14 bits per heavy atom. The highest BCUT2D eigenvalue weighted by Gasteiger charge is 2.25. The number of furan rings is 1. The highest BCUT2D eigenvalue weighted by Crippen LogP contribution is 2.24. The fourth-order valence-electron chi connectivity index (χ4n) is 3.84. The van der Waals surface area contributed by atoms with Crippen LogP contribution in [-0.4, -0.2) is 80.8 Å². The van der Waals surface area contributed by atoms with Gasteiger partial charge in [-0.25, -0.2) is 0 Å². The van der Waals surface area contributed by atoms with E-state index in [4.69, 9.17) is 14.1 Å². The number of nitrogens with one attached hydrogen (secondary N) is 2. The maximum absolute atomic E-state index is 5.72. The Morgan fingerprint density at radius 3 is 2.54 bits per heavy atom. The Bertz CT molecular complexity index is 557. The molecule has 0 radical (unpaired) electrons. The Kier molecular flexibility index (Phi) is 10.6. The molecule has 1 aromatic heterocycles. The second-order valence-electron chi connectivity index (χ2n) is 7.37. The summed E-state index contributed by atoms with van der Waals surface area (Å²) in [6, 6.07) is 4.73. The molecule has 160 valence electrons. The van der Waals surface area contributed by atoms with Crippen LogP contribution in [0.3, 0.4) is 0 Å². The highest BCUT2D eigenvalue weighted by molar-refractivity contribution is 14.0. The summed E-state index contributed by atoms with van der Waals surface area (Å²) in [6.07, 6.45) is 4.30. The van der Waals surface area contributed by atoms with Gasteiger partial charge in [-0.3, -0.25) is 14.8 Å². The predicted molar refractivity (Wildman–Crippen MR) is 124 cm³/mol. The second-order valence-corrected chi connectivity index (χ2v) is 7.37. The summed E-state index contributed by atoms with van der Waals surface area (Å²) >= 11 is 0. The lowest BCUT2D eigenvalue weighted by molar-refractivity contribution is 0.0220. The molecule has 2 fully saturated rings. The van der Waals surface area contributed by atoms with Crippen LogP contribution >= 0.6 is 24.0 Å². The number of nitrogens with zero attached hydrogens (tertiary/aromatic N) is 3. The van der Waals surface area contributed by atoms with Crippen LogP contribution in [0.4, 0.5) is 0 Å². The molecule has 2 aliphatic rings. The first kappa shape index (κ1) is 23.4. The van der Waals surface area contributed by atoms with Crippen molar-refractivity contribution in [1.29, 1.82) is 0 Å². The van der Waals surface area contributed by atoms with Crippen molar-refractivity contribution < 1.29 is 9.15 Å². The third-order valence-corrected chi connectivity index (χ3v) is 5.44. The molecule has 0 aromatic carbocycles. The molecule has 2 atom stereocenters. The molecule has 0 aliphatic carbocycles. The summed E-state index contributed by atoms with van der Waals surface area (Å²) in [5.74, 6) is 1.91. The Labute approximate surface area is 186 Å². The number of hydrogen-bond donors (Lipinski definition) is 2. The number of likely N-dealkylation sites (tertiary alicyclic amines) is 1. The van der Waals surface area contributed by atoms with Gasteiger partial charge in [0.2, 0.25) is 0 Å². The Balaban J connectivity index is 0.00000280. The van der Waals surface area contributed by atoms with Crippen molar-refractivity contribution in [2.75, 3.05) is 59.0 Å². The van der Waals surface area contributed by atoms with Gasteiger partial charge in [-0.05, 0) is 51.9 Å². The molecule has 2 unspecified atom stereocenters. The monoisotopic (exact) mass is 505 g/mol. The summed E-state index contributed by atoms with van der Waals surface area (Å²) in [4.78, 5) is 9.79. The van der Waals surface area contributed by atoms with Gasteiger partial charge >= 0.3 is 0 Å². The van der Waals surface area contributed by atoms with Gasteiger partial charge in [-0.2, -0.15) is 0 Å². The average molecular weight is 505 g/mol. The van der Waals surface area contributed by atoms with Gasteiger partial charge in [0.1, 0.15) is 5.76 Å². The molecule has 8 heteroatoms. The quantitative estimate of drug-likeness (QED) is 0.321. The summed E-state index contributed by atoms with van der Waals surface area (Å²) in [6.45, 7) is 12.7. The van der Waals surface area contributed by atoms with E-state index in [1.165, 1.54) is 12.8 Å². The van der Waals surface area contributed by atoms with Gasteiger partial charge in [0.15, 0.2) is 5.96 Å². The van der Waals surface area contributed by atoms with Gasteiger partial charge in [-0.15, -0.1) is 24.0 Å². The first-order chi connectivity index (χ1) is 13.3. The standard InChI is InChI=1S/C20H35N5O2.HI/c1-3-21-20(22-15-17(2)24-10-13-26-14-11-24)23-16-18(19-7-6-12-27-19)25-8-4-5-9-25;/h6-7,12,17-18H,3-5,8-11,13-16H2,1-2H3,(H2,21,22,23);1H. The van der Waals surface area contributed by atoms with Gasteiger partial charge < -0.3 is 19.8 Å². The maximum atomic E-state index is 5.72. The van der Waals surface area contributed by atoms with E-state index in [2.05, 4.69) is 40.3 Å². The number of guanidine groups is 1. The van der Waals surface area contributed by atoms with Gasteiger partial charge in [-0.1, -0.05) is 0 Å². The lowest BCUT2D eigenvalue weighted by atomic mass is 10.2. The van der Waals surface area contributed by atoms with Crippen LogP contribution in [0.2, 0.25) is 0 Å². The van der Waals surface area contributed by atoms with Crippen LogP contribution in [-0.2, 0) is 4.74 Å². The van der Waals surface area contributed by atoms with Crippen molar-refractivity contribution >= 4 is 29.9 Å². The van der Waals surface area contributed by atoms with E-state index in [1.807, 2.05) is 6.07 Å². The van der Waals surface area contributed by atoms with Crippen molar-refractivity contribution in [3.05, 3.63) is 24.2 Å². The summed E-state index contributed by atoms with van der Waals surface area (Å²) in [5, 5.41) is 6.92. The fraction of sp³-hybridized carbons (Fsp3) is 0.750. The van der Waals surface area contributed by atoms with Crippen LogP contribution in [0.25, 0.3) is 0 Å². The van der Waals surface area contributed by atoms with Crippen molar-refractivity contribution in [1.82, 2.24) is 20.4 Å². The number of morpholine rings is 1. The first-order valence-electron chi connectivity index (χ1n) is 10.4. The molecule has 2 saturated heterocycles. The summed E-state index contributed by atoms with van der Waals surface area (Å²) in [5.41, 5.74) is 0. The number of aliphatic imine (C=N–C) groups is 1. The minimum Gasteiger partial charge on any atom is -0.468 e. The molecule has 0 spiro atoms. The topological polar surface area (TPSA) is 65.3 Å². The maximum Gasteiger partial charge on any atom is 0.191 e. The molecule has 0 amide bonds. The van der Waals surface area contributed by atoms with E-state index in [0.29, 0.717) is 6.04 Å². The van der Waals surface area contributed by atoms with Gasteiger partial charge in [0.25, 0.3) is 0 Å². The van der Waals surface area contributed by atoms with E-state index in [9.17, 15) is 0 Å². The third kappa shape index (κ3) is 6.89. The molecule has 7 nitrogen and oxygen atoms in total. The van der Waals surface area contributed by atoms with Crippen molar-refractivity contribution in [2.24, 2.45) is 4.99 Å². The molecule has 0 saturated carbocycles. The number of hydrogen-bond acceptors (Lipinski definition) is 5. The van der Waals surface area contributed by atoms with Crippen LogP contribution in [0, 0.1) is 0 Å². The van der Waals surface area contributed by atoms with Crippen LogP contribution in [0.15, 0.2) is 27.8 Å². The molecule has 28 heavy (non-hydrogen) atoms. The third-order valence-electron chi connectivity index (χ3n) is 5.44. The zero-order valence-corrected chi connectivity index (χ0v) is 19.6. The minimum absolute atomic E-state index is 0. The molecule has 1 aromatic rings. The van der Waals surface area contributed by atoms with Gasteiger partial charge in [0.05, 0.1) is 32.1 Å². The normalized spacial score (nSPS) is 21.1. The molecule has 3 heterocycles. The second kappa shape index (κ2) is 12.7. The van der Waals surface area contributed by atoms with E-state index in [0.717, 1.165) is 70.7 Å². The SMILES string of the molecule is CCNC(=NCC(C)N1CCOCC1)NCC(c1ccco1)N1CCCC1.I. The smallest absolute Gasteiger partial charge is 0.191 e. The highest BCUT2D eigenvalue weighted by atomic mass is 127. The Morgan fingerprint density at radius 2 is 1.89 bits per heavy atom. The lowest BCUT2D eigenvalue weighted by Gasteiger charge is -2.31. The fourth-order valence-corrected chi connectivity index (χ4v) is 3.84. The van der Waals surface area contributed by atoms with Crippen molar-refractivity contribution in [2.45, 2.75) is 38.8 Å². The lowest BCUT2D eigenvalue weighted by Crippen LogP contribution is -2.45. The van der Waals surface area contributed by atoms with E-state index in [-0.39, 0.29) is 30.0 Å². The van der Waals surface area contributed by atoms with Crippen LogP contribution in [0.5, 0.6) is 0 Å². The van der Waals surface area contributed by atoms with Crippen LogP contribution in [0.1, 0.15) is 38.5 Å². The molecule has 0 bridgehead atoms. The van der Waals surface area contributed by atoms with Gasteiger partial charge in [0, 0.05) is 32.2 Å². The van der Waals surface area contributed by atoms with E-state index in [1.54, 1.807) is 6.26 Å². The van der Waals surface area contributed by atoms with E-state index >= 15 is 0 Å². The molecule has 3 rings (SSSR count). The molecule has 2 aliphatic heterocycles. The zero-order valence-electron chi connectivity index (χ0n) is 17.2. The largest absolute Gasteiger partial charge is 0.468 e. The number of rotatable bonds is 8. The number of ether oxygens (including phenoxy) is 1. The van der Waals surface area contributed by atoms with E-state index < -0.39 is 0 Å². The Hall–Kier alpha value is -0.840. The molecular formula is C20H36IN5O2. The zero-order chi connectivity index (χ0) is 18.9. The summed E-state index contributed by atoms with van der Waals surface area (Å²) < 4.78 is 11.2.